The second-order valence-electron chi connectivity index (χ2n) is 15.7. The highest BCUT2D eigenvalue weighted by atomic mass is 14.4. The standard InChI is InChI=1S/C55H38/c1-55(2)51-21-10-9-17-45(51)46-30-29-42(34-52(46)55)54-48-19-8-7-18-47(48)53(38-25-23-37(24-26-38)44-20-11-15-36-13-5-6-16-43(36)44)49-31-28-41(33-50(49)54)40-27-22-35-12-3-4-14-39(35)32-40/h3-34H,1-2H3. The summed E-state index contributed by atoms with van der Waals surface area (Å²) in [5, 5.41) is 10.1. The lowest BCUT2D eigenvalue weighted by atomic mass is 9.80. The van der Waals surface area contributed by atoms with Crippen LogP contribution in [0.25, 0.3) is 98.7 Å². The summed E-state index contributed by atoms with van der Waals surface area (Å²) in [5.74, 6) is 0. The van der Waals surface area contributed by atoms with Gasteiger partial charge in [0.25, 0.3) is 0 Å². The van der Waals surface area contributed by atoms with Crippen molar-refractivity contribution in [1.29, 1.82) is 0 Å². The molecule has 0 saturated heterocycles. The topological polar surface area (TPSA) is 0 Å². The average molecular weight is 699 g/mol. The van der Waals surface area contributed by atoms with Gasteiger partial charge in [-0.1, -0.05) is 190 Å². The van der Waals surface area contributed by atoms with Crippen LogP contribution in [0.5, 0.6) is 0 Å². The van der Waals surface area contributed by atoms with Gasteiger partial charge in [-0.3, -0.25) is 0 Å². The molecule has 0 spiro atoms. The van der Waals surface area contributed by atoms with Crippen LogP contribution in [0.2, 0.25) is 0 Å². The summed E-state index contributed by atoms with van der Waals surface area (Å²) < 4.78 is 0. The lowest BCUT2D eigenvalue weighted by Crippen LogP contribution is -2.14. The van der Waals surface area contributed by atoms with E-state index in [1.807, 2.05) is 0 Å². The van der Waals surface area contributed by atoms with Crippen LogP contribution in [0.3, 0.4) is 0 Å². The molecule has 0 bridgehead atoms. The maximum absolute atomic E-state index is 2.48. The highest BCUT2D eigenvalue weighted by molar-refractivity contribution is 6.22. The molecule has 0 unspecified atom stereocenters. The van der Waals surface area contributed by atoms with E-state index >= 15 is 0 Å². The minimum absolute atomic E-state index is 0.0877. The number of rotatable bonds is 4. The van der Waals surface area contributed by atoms with Gasteiger partial charge in [0, 0.05) is 5.41 Å². The lowest BCUT2D eigenvalue weighted by molar-refractivity contribution is 0.660. The number of hydrogen-bond donors (Lipinski definition) is 0. The quantitative estimate of drug-likeness (QED) is 0.161. The molecule has 0 heteroatoms. The Balaban J connectivity index is 1.16. The Hall–Kier alpha value is -6.76. The minimum Gasteiger partial charge on any atom is -0.0619 e. The SMILES string of the molecule is CC1(C)c2ccccc2-c2ccc(-c3c4ccccc4c(-c4ccc(-c5cccc6ccccc56)cc4)c4ccc(-c5ccc6ccccc6c5)cc34)cc21. The monoisotopic (exact) mass is 698 g/mol. The third-order valence-electron chi connectivity index (χ3n) is 12.3. The zero-order chi connectivity index (χ0) is 36.7. The van der Waals surface area contributed by atoms with Crippen molar-refractivity contribution >= 4 is 43.1 Å². The molecule has 0 N–H and O–H groups in total. The molecule has 0 nitrogen and oxygen atoms in total. The number of fused-ring (bicyclic) bond motifs is 7. The van der Waals surface area contributed by atoms with Gasteiger partial charge in [0.05, 0.1) is 0 Å². The van der Waals surface area contributed by atoms with Gasteiger partial charge in [-0.2, -0.15) is 0 Å². The predicted octanol–water partition coefficient (Wildman–Crippen LogP) is 15.3. The molecule has 1 aliphatic rings. The molecule has 0 amide bonds. The normalized spacial score (nSPS) is 13.1. The van der Waals surface area contributed by atoms with Gasteiger partial charge < -0.3 is 0 Å². The zero-order valence-corrected chi connectivity index (χ0v) is 31.0. The summed E-state index contributed by atoms with van der Waals surface area (Å²) in [7, 11) is 0. The van der Waals surface area contributed by atoms with Crippen LogP contribution in [0.4, 0.5) is 0 Å². The van der Waals surface area contributed by atoms with Gasteiger partial charge in [0.1, 0.15) is 0 Å². The molecular formula is C55H38. The van der Waals surface area contributed by atoms with Gasteiger partial charge in [0.2, 0.25) is 0 Å². The molecule has 1 aliphatic carbocycles. The molecule has 0 aromatic heterocycles. The summed E-state index contributed by atoms with van der Waals surface area (Å²) in [6, 6.07) is 72.3. The molecule has 0 fully saturated rings. The van der Waals surface area contributed by atoms with Crippen molar-refractivity contribution in [1.82, 2.24) is 0 Å². The van der Waals surface area contributed by atoms with E-state index in [0.29, 0.717) is 0 Å². The molecule has 0 atom stereocenters. The first-order valence-corrected chi connectivity index (χ1v) is 19.3. The molecule has 0 saturated carbocycles. The summed E-state index contributed by atoms with van der Waals surface area (Å²) in [6.45, 7) is 4.75. The molecule has 258 valence electrons. The van der Waals surface area contributed by atoms with E-state index in [4.69, 9.17) is 0 Å². The number of hydrogen-bond acceptors (Lipinski definition) is 0. The fraction of sp³-hybridized carbons (Fsp3) is 0.0545. The summed E-state index contributed by atoms with van der Waals surface area (Å²) in [4.78, 5) is 0. The van der Waals surface area contributed by atoms with Gasteiger partial charge in [-0.25, -0.2) is 0 Å². The van der Waals surface area contributed by atoms with Gasteiger partial charge in [-0.05, 0) is 128 Å². The Labute approximate surface area is 322 Å². The zero-order valence-electron chi connectivity index (χ0n) is 31.0. The molecule has 10 aromatic carbocycles. The van der Waals surface area contributed by atoms with Gasteiger partial charge in [-0.15, -0.1) is 0 Å². The highest BCUT2D eigenvalue weighted by Gasteiger charge is 2.35. The van der Waals surface area contributed by atoms with Gasteiger partial charge >= 0.3 is 0 Å². The third-order valence-corrected chi connectivity index (χ3v) is 12.3. The molecule has 55 heavy (non-hydrogen) atoms. The summed E-state index contributed by atoms with van der Waals surface area (Å²) in [5.41, 5.74) is 15.4. The van der Waals surface area contributed by atoms with E-state index in [9.17, 15) is 0 Å². The Morgan fingerprint density at radius 3 is 1.62 bits per heavy atom. The Bertz CT molecular complexity index is 3150. The van der Waals surface area contributed by atoms with Crippen LogP contribution in [-0.4, -0.2) is 0 Å². The Morgan fingerprint density at radius 2 is 0.800 bits per heavy atom. The molecule has 0 aliphatic heterocycles. The van der Waals surface area contributed by atoms with Crippen molar-refractivity contribution in [2.24, 2.45) is 0 Å². The van der Waals surface area contributed by atoms with E-state index in [1.165, 1.54) is 110 Å². The van der Waals surface area contributed by atoms with Crippen molar-refractivity contribution in [3.8, 4) is 55.6 Å². The first-order valence-electron chi connectivity index (χ1n) is 19.3. The van der Waals surface area contributed by atoms with Crippen molar-refractivity contribution in [3.05, 3.63) is 205 Å². The third kappa shape index (κ3) is 4.92. The molecule has 11 rings (SSSR count). The van der Waals surface area contributed by atoms with Crippen molar-refractivity contribution in [2.75, 3.05) is 0 Å². The van der Waals surface area contributed by atoms with Crippen molar-refractivity contribution in [2.45, 2.75) is 19.3 Å². The van der Waals surface area contributed by atoms with E-state index in [0.717, 1.165) is 0 Å². The fourth-order valence-electron chi connectivity index (χ4n) is 9.50. The minimum atomic E-state index is -0.0877. The second-order valence-corrected chi connectivity index (χ2v) is 15.7. The molecule has 10 aromatic rings. The molecule has 0 radical (unpaired) electrons. The Morgan fingerprint density at radius 1 is 0.273 bits per heavy atom. The lowest BCUT2D eigenvalue weighted by Gasteiger charge is -2.23. The van der Waals surface area contributed by atoms with Gasteiger partial charge in [0.15, 0.2) is 0 Å². The van der Waals surface area contributed by atoms with Crippen LogP contribution < -0.4 is 0 Å². The predicted molar refractivity (Wildman–Crippen MR) is 236 cm³/mol. The van der Waals surface area contributed by atoms with E-state index in [1.54, 1.807) is 0 Å². The van der Waals surface area contributed by atoms with Crippen LogP contribution in [0.1, 0.15) is 25.0 Å². The number of benzene rings is 10. The smallest absolute Gasteiger partial charge is 0.0159 e. The van der Waals surface area contributed by atoms with Crippen LogP contribution >= 0.6 is 0 Å². The molecular weight excluding hydrogens is 661 g/mol. The van der Waals surface area contributed by atoms with Crippen molar-refractivity contribution in [3.63, 3.8) is 0 Å². The van der Waals surface area contributed by atoms with Crippen LogP contribution in [0, 0.1) is 0 Å². The first kappa shape index (κ1) is 31.7. The highest BCUT2D eigenvalue weighted by Crippen LogP contribution is 2.51. The fourth-order valence-corrected chi connectivity index (χ4v) is 9.50. The van der Waals surface area contributed by atoms with E-state index in [-0.39, 0.29) is 5.41 Å². The largest absolute Gasteiger partial charge is 0.0619 e. The molecule has 0 heterocycles. The first-order chi connectivity index (χ1) is 27.0. The Kier molecular flexibility index (Phi) is 7.00. The summed E-state index contributed by atoms with van der Waals surface area (Å²) in [6.07, 6.45) is 0. The maximum atomic E-state index is 2.48. The van der Waals surface area contributed by atoms with Crippen molar-refractivity contribution < 1.29 is 0 Å². The van der Waals surface area contributed by atoms with E-state index in [2.05, 4.69) is 208 Å². The van der Waals surface area contributed by atoms with Crippen LogP contribution in [-0.2, 0) is 5.41 Å². The maximum Gasteiger partial charge on any atom is 0.0159 e. The average Bonchev–Trinajstić information content (AvgIpc) is 3.47. The van der Waals surface area contributed by atoms with E-state index < -0.39 is 0 Å². The van der Waals surface area contributed by atoms with Crippen LogP contribution in [0.15, 0.2) is 194 Å². The second kappa shape index (κ2) is 12.1. The summed E-state index contributed by atoms with van der Waals surface area (Å²) >= 11 is 0.